The van der Waals surface area contributed by atoms with Gasteiger partial charge in [0.05, 0.1) is 13.1 Å². The van der Waals surface area contributed by atoms with Crippen molar-refractivity contribution in [2.45, 2.75) is 44.0 Å². The van der Waals surface area contributed by atoms with Gasteiger partial charge >= 0.3 is 0 Å². The van der Waals surface area contributed by atoms with E-state index in [0.29, 0.717) is 12.8 Å². The van der Waals surface area contributed by atoms with Crippen LogP contribution in [-0.4, -0.2) is 34.3 Å². The van der Waals surface area contributed by atoms with Gasteiger partial charge in [-0.3, -0.25) is 4.79 Å². The molecular weight excluding hydrogens is 201 g/mol. The van der Waals surface area contributed by atoms with Gasteiger partial charge < -0.3 is 4.90 Å². The molecular formula is C10H18FNOS. The standard InChI is InChI=1S/C10H18FNOS/c1-4-10(11)6-12(7-10)8(13)5-9(2,3)14/h14H,4-7H2,1-3H3. The summed E-state index contributed by atoms with van der Waals surface area (Å²) in [4.78, 5) is 13.1. The second kappa shape index (κ2) is 3.72. The van der Waals surface area contributed by atoms with Gasteiger partial charge in [0, 0.05) is 11.2 Å². The highest BCUT2D eigenvalue weighted by molar-refractivity contribution is 7.81. The molecule has 1 saturated heterocycles. The summed E-state index contributed by atoms with van der Waals surface area (Å²) < 4.78 is 13.2. The Morgan fingerprint density at radius 1 is 1.57 bits per heavy atom. The Kier molecular flexibility index (Phi) is 3.14. The number of likely N-dealkylation sites (tertiary alicyclic amines) is 1. The summed E-state index contributed by atoms with van der Waals surface area (Å²) in [5.74, 6) is 0.00623. The van der Waals surface area contributed by atoms with Crippen molar-refractivity contribution in [1.29, 1.82) is 0 Å². The third-order valence-electron chi connectivity index (χ3n) is 2.52. The maximum absolute atomic E-state index is 13.5. The monoisotopic (exact) mass is 219 g/mol. The molecule has 0 aliphatic carbocycles. The molecule has 2 nitrogen and oxygen atoms in total. The Balaban J connectivity index is 2.37. The minimum absolute atomic E-state index is 0.00623. The molecule has 0 atom stereocenters. The van der Waals surface area contributed by atoms with E-state index < -0.39 is 5.67 Å². The second-order valence-corrected chi connectivity index (χ2v) is 5.95. The average molecular weight is 219 g/mol. The molecule has 0 spiro atoms. The molecule has 0 N–H and O–H groups in total. The number of thiol groups is 1. The van der Waals surface area contributed by atoms with Crippen LogP contribution < -0.4 is 0 Å². The van der Waals surface area contributed by atoms with Gasteiger partial charge in [0.1, 0.15) is 5.67 Å². The van der Waals surface area contributed by atoms with E-state index in [1.54, 1.807) is 4.90 Å². The summed E-state index contributed by atoms with van der Waals surface area (Å²) in [6, 6.07) is 0. The molecule has 1 amide bonds. The normalized spacial score (nSPS) is 20.5. The Bertz CT molecular complexity index is 231. The highest BCUT2D eigenvalue weighted by Gasteiger charge is 2.44. The Morgan fingerprint density at radius 2 is 2.07 bits per heavy atom. The van der Waals surface area contributed by atoms with Crippen LogP contribution in [0.4, 0.5) is 4.39 Å². The highest BCUT2D eigenvalue weighted by Crippen LogP contribution is 2.30. The van der Waals surface area contributed by atoms with Crippen LogP contribution in [0.3, 0.4) is 0 Å². The lowest BCUT2D eigenvalue weighted by molar-refractivity contribution is -0.146. The van der Waals surface area contributed by atoms with Crippen molar-refractivity contribution >= 4 is 18.5 Å². The number of nitrogens with zero attached hydrogens (tertiary/aromatic N) is 1. The molecule has 0 aromatic carbocycles. The van der Waals surface area contributed by atoms with Gasteiger partial charge in [-0.15, -0.1) is 0 Å². The van der Waals surface area contributed by atoms with Crippen LogP contribution in [0.15, 0.2) is 0 Å². The van der Waals surface area contributed by atoms with Gasteiger partial charge in [-0.1, -0.05) is 20.8 Å². The molecule has 1 heterocycles. The first-order valence-corrected chi connectivity index (χ1v) is 5.39. The van der Waals surface area contributed by atoms with Crippen molar-refractivity contribution in [3.8, 4) is 0 Å². The molecule has 0 radical (unpaired) electrons. The van der Waals surface area contributed by atoms with Crippen molar-refractivity contribution in [2.75, 3.05) is 13.1 Å². The van der Waals surface area contributed by atoms with Crippen molar-refractivity contribution in [3.05, 3.63) is 0 Å². The number of alkyl halides is 1. The summed E-state index contributed by atoms with van der Waals surface area (Å²) >= 11 is 4.28. The number of carbonyl (C=O) groups is 1. The second-order valence-electron chi connectivity index (χ2n) is 4.74. The van der Waals surface area contributed by atoms with Gasteiger partial charge in [0.25, 0.3) is 0 Å². The molecule has 1 aliphatic heterocycles. The fourth-order valence-electron chi connectivity index (χ4n) is 1.52. The number of hydrogen-bond donors (Lipinski definition) is 1. The number of hydrogen-bond acceptors (Lipinski definition) is 2. The minimum Gasteiger partial charge on any atom is -0.336 e. The quantitative estimate of drug-likeness (QED) is 0.720. The van der Waals surface area contributed by atoms with Gasteiger partial charge in [-0.25, -0.2) is 4.39 Å². The SMILES string of the molecule is CCC1(F)CN(C(=O)CC(C)(C)S)C1. The van der Waals surface area contributed by atoms with E-state index in [9.17, 15) is 9.18 Å². The van der Waals surface area contributed by atoms with Crippen molar-refractivity contribution < 1.29 is 9.18 Å². The highest BCUT2D eigenvalue weighted by atomic mass is 32.1. The molecule has 0 unspecified atom stereocenters. The molecule has 0 saturated carbocycles. The lowest BCUT2D eigenvalue weighted by Crippen LogP contribution is -2.61. The van der Waals surface area contributed by atoms with E-state index in [2.05, 4.69) is 12.6 Å². The molecule has 0 aromatic heterocycles. The number of halogens is 1. The van der Waals surface area contributed by atoms with E-state index in [0.717, 1.165) is 0 Å². The fraction of sp³-hybridized carbons (Fsp3) is 0.900. The van der Waals surface area contributed by atoms with Crippen LogP contribution in [0, 0.1) is 0 Å². The van der Waals surface area contributed by atoms with E-state index in [4.69, 9.17) is 0 Å². The molecule has 4 heteroatoms. The first-order chi connectivity index (χ1) is 6.26. The lowest BCUT2D eigenvalue weighted by Gasteiger charge is -2.44. The summed E-state index contributed by atoms with van der Waals surface area (Å²) in [5, 5.41) is 0. The smallest absolute Gasteiger partial charge is 0.224 e. The number of rotatable bonds is 3. The third kappa shape index (κ3) is 2.87. The van der Waals surface area contributed by atoms with Crippen LogP contribution in [0.2, 0.25) is 0 Å². The third-order valence-corrected chi connectivity index (χ3v) is 2.68. The number of amides is 1. The maximum Gasteiger partial charge on any atom is 0.224 e. The molecule has 0 aromatic rings. The molecule has 14 heavy (non-hydrogen) atoms. The maximum atomic E-state index is 13.5. The van der Waals surface area contributed by atoms with E-state index >= 15 is 0 Å². The van der Waals surface area contributed by atoms with Crippen LogP contribution in [-0.2, 0) is 4.79 Å². The van der Waals surface area contributed by atoms with Gasteiger partial charge in [0.2, 0.25) is 5.91 Å². The predicted octanol–water partition coefficient (Wildman–Crippen LogP) is 2.05. The molecule has 1 rings (SSSR count). The van der Waals surface area contributed by atoms with Gasteiger partial charge in [-0.05, 0) is 6.42 Å². The zero-order valence-electron chi connectivity index (χ0n) is 9.01. The first-order valence-electron chi connectivity index (χ1n) is 4.95. The number of carbonyl (C=O) groups excluding carboxylic acids is 1. The van der Waals surface area contributed by atoms with E-state index in [-0.39, 0.29) is 23.7 Å². The first kappa shape index (κ1) is 11.8. The van der Waals surface area contributed by atoms with Crippen LogP contribution >= 0.6 is 12.6 Å². The van der Waals surface area contributed by atoms with Crippen molar-refractivity contribution in [2.24, 2.45) is 0 Å². The average Bonchev–Trinajstić information content (AvgIpc) is 1.95. The molecule has 82 valence electrons. The van der Waals surface area contributed by atoms with Crippen molar-refractivity contribution in [1.82, 2.24) is 4.90 Å². The van der Waals surface area contributed by atoms with Crippen LogP contribution in [0.5, 0.6) is 0 Å². The fourth-order valence-corrected chi connectivity index (χ4v) is 1.65. The summed E-state index contributed by atoms with van der Waals surface area (Å²) in [6.45, 7) is 6.09. The summed E-state index contributed by atoms with van der Waals surface area (Å²) in [7, 11) is 0. The zero-order valence-corrected chi connectivity index (χ0v) is 9.90. The zero-order chi connectivity index (χ0) is 11.0. The van der Waals surface area contributed by atoms with Crippen LogP contribution in [0.25, 0.3) is 0 Å². The Morgan fingerprint density at radius 3 is 2.43 bits per heavy atom. The molecule has 1 fully saturated rings. The van der Waals surface area contributed by atoms with E-state index in [1.807, 2.05) is 20.8 Å². The predicted molar refractivity (Wildman–Crippen MR) is 58.4 cm³/mol. The largest absolute Gasteiger partial charge is 0.336 e. The Hall–Kier alpha value is -0.250. The molecule has 1 aliphatic rings. The van der Waals surface area contributed by atoms with Crippen molar-refractivity contribution in [3.63, 3.8) is 0 Å². The summed E-state index contributed by atoms with van der Waals surface area (Å²) in [6.07, 6.45) is 0.858. The summed E-state index contributed by atoms with van der Waals surface area (Å²) in [5.41, 5.74) is -1.13. The topological polar surface area (TPSA) is 20.3 Å². The lowest BCUT2D eigenvalue weighted by atomic mass is 9.92. The van der Waals surface area contributed by atoms with E-state index in [1.165, 1.54) is 0 Å². The minimum atomic E-state index is -1.13. The Labute approximate surface area is 90.3 Å². The van der Waals surface area contributed by atoms with Crippen LogP contribution in [0.1, 0.15) is 33.6 Å². The van der Waals surface area contributed by atoms with Gasteiger partial charge in [-0.2, -0.15) is 12.6 Å². The molecule has 0 bridgehead atoms. The van der Waals surface area contributed by atoms with Gasteiger partial charge in [0.15, 0.2) is 0 Å².